The minimum atomic E-state index is -3.34. The summed E-state index contributed by atoms with van der Waals surface area (Å²) < 4.78 is 31.4. The Balaban J connectivity index is 3.15. The van der Waals surface area contributed by atoms with Crippen LogP contribution in [0.5, 0.6) is 0 Å². The van der Waals surface area contributed by atoms with Crippen molar-refractivity contribution >= 4 is 10.0 Å². The van der Waals surface area contributed by atoms with E-state index in [4.69, 9.17) is 14.6 Å². The summed E-state index contributed by atoms with van der Waals surface area (Å²) in [7, 11) is -3.34. The molecule has 0 aromatic carbocycles. The molecule has 0 aliphatic heterocycles. The van der Waals surface area contributed by atoms with E-state index in [0.717, 1.165) is 0 Å². The van der Waals surface area contributed by atoms with Crippen LogP contribution in [-0.4, -0.2) is 40.1 Å². The Kier molecular flexibility index (Phi) is 7.08. The van der Waals surface area contributed by atoms with Crippen molar-refractivity contribution in [2.45, 2.75) is 26.4 Å². The highest BCUT2D eigenvalue weighted by Gasteiger charge is 2.01. The van der Waals surface area contributed by atoms with E-state index >= 15 is 0 Å². The minimum Gasteiger partial charge on any atom is -0.379 e. The van der Waals surface area contributed by atoms with E-state index in [1.807, 2.05) is 13.8 Å². The molecule has 0 aromatic rings. The molecule has 0 radical (unpaired) electrons. The van der Waals surface area contributed by atoms with Crippen LogP contribution in [0.1, 0.15) is 20.3 Å². The molecule has 0 spiro atoms. The first kappa shape index (κ1) is 13.8. The summed E-state index contributed by atoms with van der Waals surface area (Å²) in [4.78, 5) is 0. The number of primary sulfonamides is 1. The molecule has 2 N–H and O–H groups in total. The van der Waals surface area contributed by atoms with Crippen LogP contribution in [0, 0.1) is 0 Å². The maximum Gasteiger partial charge on any atom is 0.209 e. The van der Waals surface area contributed by atoms with Gasteiger partial charge in [-0.1, -0.05) is 0 Å². The molecular weight excluding hydrogens is 206 g/mol. The molecule has 0 amide bonds. The van der Waals surface area contributed by atoms with Gasteiger partial charge < -0.3 is 9.47 Å². The van der Waals surface area contributed by atoms with Gasteiger partial charge in [0.25, 0.3) is 0 Å². The molecular formula is C8H19NO4S. The van der Waals surface area contributed by atoms with E-state index in [2.05, 4.69) is 0 Å². The molecule has 0 rings (SSSR count). The normalized spacial score (nSPS) is 12.3. The lowest BCUT2D eigenvalue weighted by atomic mass is 10.5. The van der Waals surface area contributed by atoms with E-state index in [0.29, 0.717) is 26.2 Å². The van der Waals surface area contributed by atoms with E-state index < -0.39 is 10.0 Å². The van der Waals surface area contributed by atoms with Crippen LogP contribution in [0.3, 0.4) is 0 Å². The third-order valence-electron chi connectivity index (χ3n) is 1.40. The first-order chi connectivity index (χ1) is 6.42. The van der Waals surface area contributed by atoms with Gasteiger partial charge in [-0.3, -0.25) is 0 Å². The Morgan fingerprint density at radius 3 is 2.36 bits per heavy atom. The fraction of sp³-hybridized carbons (Fsp3) is 1.00. The molecule has 0 unspecified atom stereocenters. The number of nitrogens with two attached hydrogens (primary N) is 1. The van der Waals surface area contributed by atoms with Crippen molar-refractivity contribution in [2.24, 2.45) is 5.14 Å². The largest absolute Gasteiger partial charge is 0.379 e. The van der Waals surface area contributed by atoms with Crippen molar-refractivity contribution in [3.63, 3.8) is 0 Å². The zero-order valence-electron chi connectivity index (χ0n) is 8.73. The highest BCUT2D eigenvalue weighted by atomic mass is 32.2. The van der Waals surface area contributed by atoms with Crippen molar-refractivity contribution in [2.75, 3.05) is 25.6 Å². The summed E-state index contributed by atoms with van der Waals surface area (Å²) in [6, 6.07) is 0. The first-order valence-electron chi connectivity index (χ1n) is 4.61. The van der Waals surface area contributed by atoms with E-state index in [1.165, 1.54) is 0 Å². The van der Waals surface area contributed by atoms with Gasteiger partial charge in [0, 0.05) is 6.61 Å². The maximum absolute atomic E-state index is 10.5. The lowest BCUT2D eigenvalue weighted by molar-refractivity contribution is 0.0199. The fourth-order valence-electron chi connectivity index (χ4n) is 0.807. The molecule has 0 saturated carbocycles. The average Bonchev–Trinajstić information content (AvgIpc) is 2.00. The number of ether oxygens (including phenoxy) is 2. The van der Waals surface area contributed by atoms with Gasteiger partial charge in [-0.05, 0) is 20.3 Å². The van der Waals surface area contributed by atoms with Crippen LogP contribution in [-0.2, 0) is 19.5 Å². The van der Waals surface area contributed by atoms with Crippen molar-refractivity contribution < 1.29 is 17.9 Å². The van der Waals surface area contributed by atoms with E-state index in [-0.39, 0.29) is 11.9 Å². The smallest absolute Gasteiger partial charge is 0.209 e. The molecule has 0 atom stereocenters. The molecule has 0 aliphatic rings. The fourth-order valence-corrected chi connectivity index (χ4v) is 1.33. The van der Waals surface area contributed by atoms with E-state index in [1.54, 1.807) is 0 Å². The Hall–Kier alpha value is -0.170. The topological polar surface area (TPSA) is 78.6 Å². The summed E-state index contributed by atoms with van der Waals surface area (Å²) in [6.45, 7) is 5.32. The average molecular weight is 225 g/mol. The highest BCUT2D eigenvalue weighted by Crippen LogP contribution is 1.90. The standard InChI is InChI=1S/C8H19NO4S/c1-8(2)13-6-5-12-4-3-7-14(9,10)11/h8H,3-7H2,1-2H3,(H2,9,10,11). The van der Waals surface area contributed by atoms with Crippen molar-refractivity contribution in [1.29, 1.82) is 0 Å². The van der Waals surface area contributed by atoms with Crippen molar-refractivity contribution in [1.82, 2.24) is 0 Å². The third-order valence-corrected chi connectivity index (χ3v) is 2.25. The Bertz CT molecular complexity index is 225. The van der Waals surface area contributed by atoms with Crippen LogP contribution < -0.4 is 5.14 Å². The highest BCUT2D eigenvalue weighted by molar-refractivity contribution is 7.89. The summed E-state index contributed by atoms with van der Waals surface area (Å²) in [6.07, 6.45) is 0.628. The molecule has 0 saturated heterocycles. The first-order valence-corrected chi connectivity index (χ1v) is 6.33. The van der Waals surface area contributed by atoms with Crippen LogP contribution in [0.2, 0.25) is 0 Å². The van der Waals surface area contributed by atoms with Gasteiger partial charge in [0.05, 0.1) is 25.1 Å². The summed E-state index contributed by atoms with van der Waals surface area (Å²) >= 11 is 0. The molecule has 0 aliphatic carbocycles. The van der Waals surface area contributed by atoms with Crippen LogP contribution >= 0.6 is 0 Å². The van der Waals surface area contributed by atoms with Crippen molar-refractivity contribution in [3.05, 3.63) is 0 Å². The van der Waals surface area contributed by atoms with E-state index in [9.17, 15) is 8.42 Å². The summed E-state index contributed by atoms with van der Waals surface area (Å²) in [5.41, 5.74) is 0. The van der Waals surface area contributed by atoms with Gasteiger partial charge in [0.2, 0.25) is 10.0 Å². The summed E-state index contributed by atoms with van der Waals surface area (Å²) in [5.74, 6) is -0.0297. The number of hydrogen-bond acceptors (Lipinski definition) is 4. The predicted octanol–water partition coefficient (Wildman–Crippen LogP) is 0.107. The van der Waals surface area contributed by atoms with Gasteiger partial charge in [0.15, 0.2) is 0 Å². The number of sulfonamides is 1. The van der Waals surface area contributed by atoms with Crippen LogP contribution in [0.15, 0.2) is 0 Å². The van der Waals surface area contributed by atoms with Gasteiger partial charge in [-0.2, -0.15) is 0 Å². The van der Waals surface area contributed by atoms with Gasteiger partial charge in [-0.25, -0.2) is 13.6 Å². The SMILES string of the molecule is CC(C)OCCOCCCS(N)(=O)=O. The molecule has 0 heterocycles. The molecule has 14 heavy (non-hydrogen) atoms. The zero-order chi connectivity index (χ0) is 11.0. The Morgan fingerprint density at radius 2 is 1.86 bits per heavy atom. The van der Waals surface area contributed by atoms with Crippen LogP contribution in [0.4, 0.5) is 0 Å². The maximum atomic E-state index is 10.5. The second kappa shape index (κ2) is 7.17. The second-order valence-electron chi connectivity index (χ2n) is 3.25. The number of hydrogen-bond donors (Lipinski definition) is 1. The molecule has 0 aromatic heterocycles. The third kappa shape index (κ3) is 11.8. The Labute approximate surface area is 85.6 Å². The molecule has 6 heteroatoms. The van der Waals surface area contributed by atoms with Gasteiger partial charge >= 0.3 is 0 Å². The molecule has 0 fully saturated rings. The van der Waals surface area contributed by atoms with Crippen molar-refractivity contribution in [3.8, 4) is 0 Å². The monoisotopic (exact) mass is 225 g/mol. The molecule has 0 bridgehead atoms. The molecule has 5 nitrogen and oxygen atoms in total. The van der Waals surface area contributed by atoms with Gasteiger partial charge in [-0.15, -0.1) is 0 Å². The van der Waals surface area contributed by atoms with Crippen LogP contribution in [0.25, 0.3) is 0 Å². The summed E-state index contributed by atoms with van der Waals surface area (Å²) in [5, 5.41) is 4.81. The predicted molar refractivity (Wildman–Crippen MR) is 54.5 cm³/mol. The second-order valence-corrected chi connectivity index (χ2v) is 4.99. The number of rotatable bonds is 8. The van der Waals surface area contributed by atoms with Gasteiger partial charge in [0.1, 0.15) is 0 Å². The minimum absolute atomic E-state index is 0.0297. The lowest BCUT2D eigenvalue weighted by Crippen LogP contribution is -2.18. The Morgan fingerprint density at radius 1 is 1.21 bits per heavy atom. The zero-order valence-corrected chi connectivity index (χ0v) is 9.55. The lowest BCUT2D eigenvalue weighted by Gasteiger charge is -2.07. The molecule has 86 valence electrons. The quantitative estimate of drug-likeness (QED) is 0.594.